The molecule has 1 unspecified atom stereocenters. The van der Waals surface area contributed by atoms with Gasteiger partial charge in [-0.05, 0) is 25.3 Å². The summed E-state index contributed by atoms with van der Waals surface area (Å²) in [6.45, 7) is 9.69. The third kappa shape index (κ3) is 4.34. The predicted octanol–water partition coefficient (Wildman–Crippen LogP) is 2.34. The molecule has 0 saturated carbocycles. The van der Waals surface area contributed by atoms with Crippen LogP contribution in [0.1, 0.15) is 45.9 Å². The van der Waals surface area contributed by atoms with Crippen molar-refractivity contribution < 1.29 is 4.42 Å². The van der Waals surface area contributed by atoms with Gasteiger partial charge in [0.25, 0.3) is 6.01 Å². The molecule has 1 atom stereocenters. The maximum Gasteiger partial charge on any atom is 0.292 e. The lowest BCUT2D eigenvalue weighted by atomic mass is 9.92. The van der Waals surface area contributed by atoms with Gasteiger partial charge in [0.2, 0.25) is 0 Å². The quantitative estimate of drug-likeness (QED) is 0.802. The molecule has 1 aromatic heterocycles. The predicted molar refractivity (Wildman–Crippen MR) is 61.4 cm³/mol. The van der Waals surface area contributed by atoms with Crippen molar-refractivity contribution in [3.63, 3.8) is 0 Å². The lowest BCUT2D eigenvalue weighted by Crippen LogP contribution is -2.23. The molecule has 0 amide bonds. The fraction of sp³-hybridized carbons (Fsp3) is 0.727. The minimum absolute atomic E-state index is 0.164. The first-order valence-corrected chi connectivity index (χ1v) is 5.33. The smallest absolute Gasteiger partial charge is 0.292 e. The Kier molecular flexibility index (Phi) is 3.74. The van der Waals surface area contributed by atoms with Crippen LogP contribution in [0, 0.1) is 5.41 Å². The van der Waals surface area contributed by atoms with Crippen molar-refractivity contribution in [3.8, 4) is 0 Å². The lowest BCUT2D eigenvalue weighted by molar-refractivity contribution is 0.347. The highest BCUT2D eigenvalue weighted by Gasteiger charge is 2.13. The van der Waals surface area contributed by atoms with Crippen LogP contribution in [0.25, 0.3) is 0 Å². The summed E-state index contributed by atoms with van der Waals surface area (Å²) in [7, 11) is 0. The zero-order valence-electron chi connectivity index (χ0n) is 10.0. The normalized spacial score (nSPS) is 14.1. The molecule has 0 bridgehead atoms. The van der Waals surface area contributed by atoms with Crippen LogP contribution in [0.3, 0.4) is 0 Å². The summed E-state index contributed by atoms with van der Waals surface area (Å²) in [5.74, 6) is 0.793. The highest BCUT2D eigenvalue weighted by Crippen LogP contribution is 2.19. The van der Waals surface area contributed by atoms with Crippen LogP contribution >= 0.6 is 0 Å². The molecule has 0 radical (unpaired) electrons. The third-order valence-electron chi connectivity index (χ3n) is 2.29. The van der Waals surface area contributed by atoms with Crippen LogP contribution in [-0.2, 0) is 0 Å². The number of nitrogens with one attached hydrogen (secondary N) is 1. The average Bonchev–Trinajstić information content (AvgIpc) is 2.49. The number of oxazole rings is 1. The van der Waals surface area contributed by atoms with E-state index < -0.39 is 0 Å². The van der Waals surface area contributed by atoms with E-state index >= 15 is 0 Å². The Morgan fingerprint density at radius 3 is 2.67 bits per heavy atom. The SMILES string of the molecule is CC(NCCC(C)(C)C)c1cnc(N)o1. The zero-order chi connectivity index (χ0) is 11.5. The van der Waals surface area contributed by atoms with E-state index in [1.165, 1.54) is 0 Å². The van der Waals surface area contributed by atoms with Crippen LogP contribution in [0.2, 0.25) is 0 Å². The Balaban J connectivity index is 2.34. The van der Waals surface area contributed by atoms with Gasteiger partial charge in [-0.25, -0.2) is 4.98 Å². The van der Waals surface area contributed by atoms with Crippen LogP contribution in [-0.4, -0.2) is 11.5 Å². The van der Waals surface area contributed by atoms with Gasteiger partial charge < -0.3 is 15.5 Å². The molecule has 0 aliphatic rings. The highest BCUT2D eigenvalue weighted by atomic mass is 16.4. The van der Waals surface area contributed by atoms with E-state index in [0.717, 1.165) is 18.7 Å². The fourth-order valence-electron chi connectivity index (χ4n) is 1.27. The molecule has 0 saturated heterocycles. The van der Waals surface area contributed by atoms with Gasteiger partial charge in [0.05, 0.1) is 12.2 Å². The second-order valence-corrected chi connectivity index (χ2v) is 5.09. The molecule has 0 fully saturated rings. The Morgan fingerprint density at radius 2 is 2.20 bits per heavy atom. The van der Waals surface area contributed by atoms with Crippen molar-refractivity contribution in [1.29, 1.82) is 0 Å². The van der Waals surface area contributed by atoms with Gasteiger partial charge in [0, 0.05) is 0 Å². The molecule has 4 heteroatoms. The molecule has 1 heterocycles. The van der Waals surface area contributed by atoms with Gasteiger partial charge in [0.1, 0.15) is 5.76 Å². The van der Waals surface area contributed by atoms with Crippen molar-refractivity contribution in [2.24, 2.45) is 5.41 Å². The number of hydrogen-bond donors (Lipinski definition) is 2. The Bertz CT molecular complexity index is 301. The number of nitrogens with two attached hydrogens (primary N) is 1. The van der Waals surface area contributed by atoms with Crippen molar-refractivity contribution in [2.45, 2.75) is 40.2 Å². The number of nitrogens with zero attached hydrogens (tertiary/aromatic N) is 1. The van der Waals surface area contributed by atoms with Gasteiger partial charge in [-0.15, -0.1) is 0 Å². The number of aromatic nitrogens is 1. The van der Waals surface area contributed by atoms with Crippen molar-refractivity contribution in [2.75, 3.05) is 12.3 Å². The fourth-order valence-corrected chi connectivity index (χ4v) is 1.27. The largest absolute Gasteiger partial charge is 0.427 e. The zero-order valence-corrected chi connectivity index (χ0v) is 10.0. The molecule has 0 aliphatic carbocycles. The van der Waals surface area contributed by atoms with Crippen LogP contribution < -0.4 is 11.1 Å². The van der Waals surface area contributed by atoms with Crippen LogP contribution in [0.4, 0.5) is 6.01 Å². The minimum atomic E-state index is 0.164. The van der Waals surface area contributed by atoms with Gasteiger partial charge in [-0.2, -0.15) is 0 Å². The molecular weight excluding hydrogens is 190 g/mol. The number of anilines is 1. The van der Waals surface area contributed by atoms with E-state index in [2.05, 4.69) is 31.1 Å². The van der Waals surface area contributed by atoms with Gasteiger partial charge >= 0.3 is 0 Å². The van der Waals surface area contributed by atoms with E-state index in [4.69, 9.17) is 10.2 Å². The lowest BCUT2D eigenvalue weighted by Gasteiger charge is -2.19. The summed E-state index contributed by atoms with van der Waals surface area (Å²) in [6, 6.07) is 0.395. The summed E-state index contributed by atoms with van der Waals surface area (Å²) in [4.78, 5) is 3.87. The molecule has 0 spiro atoms. The molecule has 15 heavy (non-hydrogen) atoms. The van der Waals surface area contributed by atoms with E-state index in [0.29, 0.717) is 5.41 Å². The molecular formula is C11H21N3O. The minimum Gasteiger partial charge on any atom is -0.427 e. The number of nitrogen functional groups attached to an aromatic ring is 1. The summed E-state index contributed by atoms with van der Waals surface area (Å²) >= 11 is 0. The molecule has 3 N–H and O–H groups in total. The van der Waals surface area contributed by atoms with E-state index in [-0.39, 0.29) is 12.1 Å². The summed E-state index contributed by atoms with van der Waals surface area (Å²) in [5.41, 5.74) is 5.76. The third-order valence-corrected chi connectivity index (χ3v) is 2.29. The molecule has 1 rings (SSSR count). The standard InChI is InChI=1S/C11H21N3O/c1-8(9-7-14-10(12)15-9)13-6-5-11(2,3)4/h7-8,13H,5-6H2,1-4H3,(H2,12,14). The molecule has 0 aromatic carbocycles. The van der Waals surface area contributed by atoms with E-state index in [9.17, 15) is 0 Å². The monoisotopic (exact) mass is 211 g/mol. The summed E-state index contributed by atoms with van der Waals surface area (Å²) < 4.78 is 5.23. The first-order valence-electron chi connectivity index (χ1n) is 5.33. The van der Waals surface area contributed by atoms with Gasteiger partial charge in [0.15, 0.2) is 0 Å². The van der Waals surface area contributed by atoms with Crippen LogP contribution in [0.15, 0.2) is 10.6 Å². The highest BCUT2D eigenvalue weighted by molar-refractivity contribution is 5.12. The second-order valence-electron chi connectivity index (χ2n) is 5.09. The Morgan fingerprint density at radius 1 is 1.53 bits per heavy atom. The number of hydrogen-bond acceptors (Lipinski definition) is 4. The second kappa shape index (κ2) is 4.66. The van der Waals surface area contributed by atoms with Gasteiger partial charge in [-0.1, -0.05) is 20.8 Å². The first kappa shape index (κ1) is 12.0. The topological polar surface area (TPSA) is 64.1 Å². The average molecular weight is 211 g/mol. The summed E-state index contributed by atoms with van der Waals surface area (Å²) in [5, 5.41) is 3.38. The maximum absolute atomic E-state index is 5.41. The van der Waals surface area contributed by atoms with E-state index in [1.807, 2.05) is 6.92 Å². The Labute approximate surface area is 91.3 Å². The van der Waals surface area contributed by atoms with Crippen LogP contribution in [0.5, 0.6) is 0 Å². The maximum atomic E-state index is 5.41. The van der Waals surface area contributed by atoms with Crippen molar-refractivity contribution in [3.05, 3.63) is 12.0 Å². The van der Waals surface area contributed by atoms with Crippen molar-refractivity contribution in [1.82, 2.24) is 10.3 Å². The molecule has 0 aliphatic heterocycles. The van der Waals surface area contributed by atoms with Crippen molar-refractivity contribution >= 4 is 6.01 Å². The summed E-state index contributed by atoms with van der Waals surface area (Å²) in [6.07, 6.45) is 2.80. The first-order chi connectivity index (χ1) is 6.88. The number of rotatable bonds is 4. The van der Waals surface area contributed by atoms with E-state index in [1.54, 1.807) is 6.20 Å². The Hall–Kier alpha value is -1.03. The molecule has 4 nitrogen and oxygen atoms in total. The molecule has 86 valence electrons. The molecule has 1 aromatic rings. The van der Waals surface area contributed by atoms with Gasteiger partial charge in [-0.3, -0.25) is 0 Å².